The Bertz CT molecular complexity index is 180. The predicted molar refractivity (Wildman–Crippen MR) is 41.3 cm³/mol. The van der Waals surface area contributed by atoms with Gasteiger partial charge in [-0.3, -0.25) is 0 Å². The maximum atomic E-state index is 2.25. The van der Waals surface area contributed by atoms with Gasteiger partial charge in [-0.15, -0.1) is 0 Å². The molecule has 0 saturated carbocycles. The average Bonchev–Trinajstić information content (AvgIpc) is 1.90. The van der Waals surface area contributed by atoms with Crippen molar-refractivity contribution in [3.8, 4) is 0 Å². The molecule has 0 aromatic carbocycles. The molecule has 1 aliphatic carbocycles. The van der Waals surface area contributed by atoms with Gasteiger partial charge in [-0.2, -0.15) is 0 Å². The van der Waals surface area contributed by atoms with Crippen LogP contribution < -0.4 is 0 Å². The SMILES string of the molecule is CC=C1C=CC(C)=CC1. The van der Waals surface area contributed by atoms with Crippen LogP contribution in [0.4, 0.5) is 0 Å². The van der Waals surface area contributed by atoms with Gasteiger partial charge in [0.25, 0.3) is 0 Å². The molecule has 0 aliphatic heterocycles. The summed E-state index contributed by atoms with van der Waals surface area (Å²) in [5.74, 6) is 0. The van der Waals surface area contributed by atoms with Gasteiger partial charge in [0.05, 0.1) is 0 Å². The van der Waals surface area contributed by atoms with E-state index in [0.717, 1.165) is 6.42 Å². The van der Waals surface area contributed by atoms with E-state index in [4.69, 9.17) is 0 Å². The van der Waals surface area contributed by atoms with Gasteiger partial charge in [0, 0.05) is 0 Å². The van der Waals surface area contributed by atoms with Crippen molar-refractivity contribution in [2.75, 3.05) is 0 Å². The fraction of sp³-hybridized carbons (Fsp3) is 0.333. The first-order chi connectivity index (χ1) is 4.33. The van der Waals surface area contributed by atoms with Crippen molar-refractivity contribution in [1.82, 2.24) is 0 Å². The van der Waals surface area contributed by atoms with E-state index < -0.39 is 0 Å². The molecule has 0 amide bonds. The average molecular weight is 120 g/mol. The van der Waals surface area contributed by atoms with Crippen LogP contribution in [0.3, 0.4) is 0 Å². The molecule has 0 saturated heterocycles. The fourth-order valence-corrected chi connectivity index (χ4v) is 0.867. The van der Waals surface area contributed by atoms with Gasteiger partial charge < -0.3 is 0 Å². The smallest absolute Gasteiger partial charge is 0.00950 e. The van der Waals surface area contributed by atoms with Crippen LogP contribution in [0.2, 0.25) is 0 Å². The molecular weight excluding hydrogens is 108 g/mol. The van der Waals surface area contributed by atoms with Crippen LogP contribution in [0, 0.1) is 0 Å². The molecule has 0 heterocycles. The Morgan fingerprint density at radius 2 is 2.22 bits per heavy atom. The lowest BCUT2D eigenvalue weighted by atomic mass is 10.0. The normalized spacial score (nSPS) is 22.4. The highest BCUT2D eigenvalue weighted by Gasteiger charge is 1.93. The van der Waals surface area contributed by atoms with Gasteiger partial charge in [-0.1, -0.05) is 29.9 Å². The third kappa shape index (κ3) is 1.56. The number of hydrogen-bond acceptors (Lipinski definition) is 0. The van der Waals surface area contributed by atoms with E-state index in [0.29, 0.717) is 0 Å². The maximum Gasteiger partial charge on any atom is -0.00950 e. The monoisotopic (exact) mass is 120 g/mol. The van der Waals surface area contributed by atoms with Crippen LogP contribution >= 0.6 is 0 Å². The number of hydrogen-bond donors (Lipinski definition) is 0. The summed E-state index contributed by atoms with van der Waals surface area (Å²) in [5.41, 5.74) is 2.79. The van der Waals surface area contributed by atoms with Crippen LogP contribution in [-0.2, 0) is 0 Å². The zero-order valence-electron chi connectivity index (χ0n) is 6.02. The lowest BCUT2D eigenvalue weighted by molar-refractivity contribution is 1.21. The molecule has 0 nitrogen and oxygen atoms in total. The number of allylic oxidation sites excluding steroid dienone is 6. The summed E-state index contributed by atoms with van der Waals surface area (Å²) in [6, 6.07) is 0. The summed E-state index contributed by atoms with van der Waals surface area (Å²) >= 11 is 0. The Balaban J connectivity index is 2.70. The maximum absolute atomic E-state index is 2.25. The summed E-state index contributed by atoms with van der Waals surface area (Å²) < 4.78 is 0. The molecule has 0 unspecified atom stereocenters. The first-order valence-corrected chi connectivity index (χ1v) is 3.33. The molecule has 0 atom stereocenters. The molecule has 0 aromatic heterocycles. The van der Waals surface area contributed by atoms with Gasteiger partial charge in [0.2, 0.25) is 0 Å². The van der Waals surface area contributed by atoms with Crippen LogP contribution in [0.1, 0.15) is 20.3 Å². The summed E-state index contributed by atoms with van der Waals surface area (Å²) in [4.78, 5) is 0. The Morgan fingerprint density at radius 1 is 1.44 bits per heavy atom. The first-order valence-electron chi connectivity index (χ1n) is 3.33. The quantitative estimate of drug-likeness (QED) is 0.461. The van der Waals surface area contributed by atoms with Crippen LogP contribution in [-0.4, -0.2) is 0 Å². The van der Waals surface area contributed by atoms with E-state index in [2.05, 4.69) is 38.2 Å². The number of rotatable bonds is 0. The highest BCUT2D eigenvalue weighted by molar-refractivity contribution is 5.33. The second-order valence-electron chi connectivity index (χ2n) is 2.35. The third-order valence-corrected chi connectivity index (χ3v) is 1.59. The van der Waals surface area contributed by atoms with E-state index >= 15 is 0 Å². The van der Waals surface area contributed by atoms with Crippen molar-refractivity contribution in [1.29, 1.82) is 0 Å². The minimum absolute atomic E-state index is 1.11. The van der Waals surface area contributed by atoms with Crippen molar-refractivity contribution in [2.24, 2.45) is 0 Å². The van der Waals surface area contributed by atoms with Gasteiger partial charge in [0.15, 0.2) is 0 Å². The Kier molecular flexibility index (Phi) is 1.88. The summed E-state index contributed by atoms with van der Waals surface area (Å²) in [5, 5.41) is 0. The molecule has 9 heavy (non-hydrogen) atoms. The van der Waals surface area contributed by atoms with Crippen LogP contribution in [0.25, 0.3) is 0 Å². The fourth-order valence-electron chi connectivity index (χ4n) is 0.867. The van der Waals surface area contributed by atoms with Crippen LogP contribution in [0.5, 0.6) is 0 Å². The Morgan fingerprint density at radius 3 is 2.67 bits per heavy atom. The molecule has 1 rings (SSSR count). The lowest BCUT2D eigenvalue weighted by Crippen LogP contribution is -1.82. The summed E-state index contributed by atoms with van der Waals surface area (Å²) in [6.07, 6.45) is 9.84. The molecule has 0 spiro atoms. The van der Waals surface area contributed by atoms with E-state index in [-0.39, 0.29) is 0 Å². The van der Waals surface area contributed by atoms with E-state index in [9.17, 15) is 0 Å². The summed E-state index contributed by atoms with van der Waals surface area (Å²) in [6.45, 7) is 4.21. The van der Waals surface area contributed by atoms with E-state index in [1.807, 2.05) is 0 Å². The topological polar surface area (TPSA) is 0 Å². The minimum atomic E-state index is 1.11. The zero-order chi connectivity index (χ0) is 6.69. The molecule has 0 N–H and O–H groups in total. The standard InChI is InChI=1S/C9H12/c1-3-9-6-4-8(2)5-7-9/h3-6H,7H2,1-2H3. The largest absolute Gasteiger partial charge is 0.0841 e. The van der Waals surface area contributed by atoms with Gasteiger partial charge in [0.1, 0.15) is 0 Å². The highest BCUT2D eigenvalue weighted by Crippen LogP contribution is 2.13. The molecule has 0 aromatic rings. The predicted octanol–water partition coefficient (Wildman–Crippen LogP) is 2.84. The van der Waals surface area contributed by atoms with Crippen molar-refractivity contribution < 1.29 is 0 Å². The second kappa shape index (κ2) is 2.67. The molecule has 0 heteroatoms. The lowest BCUT2D eigenvalue weighted by Gasteiger charge is -2.02. The van der Waals surface area contributed by atoms with Gasteiger partial charge in [-0.25, -0.2) is 0 Å². The van der Waals surface area contributed by atoms with Crippen molar-refractivity contribution in [3.63, 3.8) is 0 Å². The van der Waals surface area contributed by atoms with E-state index in [1.54, 1.807) is 0 Å². The molecule has 48 valence electrons. The first kappa shape index (κ1) is 6.34. The van der Waals surface area contributed by atoms with Crippen molar-refractivity contribution in [3.05, 3.63) is 35.5 Å². The van der Waals surface area contributed by atoms with Crippen molar-refractivity contribution in [2.45, 2.75) is 20.3 Å². The molecule has 0 bridgehead atoms. The molecule has 1 aliphatic rings. The molecule has 0 radical (unpaired) electrons. The zero-order valence-corrected chi connectivity index (χ0v) is 6.02. The minimum Gasteiger partial charge on any atom is -0.0841 e. The Labute approximate surface area is 56.6 Å². The second-order valence-corrected chi connectivity index (χ2v) is 2.35. The van der Waals surface area contributed by atoms with Gasteiger partial charge in [-0.05, 0) is 25.8 Å². The van der Waals surface area contributed by atoms with Gasteiger partial charge >= 0.3 is 0 Å². The van der Waals surface area contributed by atoms with Crippen LogP contribution in [0.15, 0.2) is 35.5 Å². The summed E-state index contributed by atoms with van der Waals surface area (Å²) in [7, 11) is 0. The third-order valence-electron chi connectivity index (χ3n) is 1.59. The highest BCUT2D eigenvalue weighted by atomic mass is 14.0. The molecule has 0 fully saturated rings. The Hall–Kier alpha value is -0.780. The van der Waals surface area contributed by atoms with E-state index in [1.165, 1.54) is 11.1 Å². The molecular formula is C9H12. The van der Waals surface area contributed by atoms with Crippen molar-refractivity contribution >= 4 is 0 Å².